The molecule has 0 amide bonds. The average molecular weight is 670 g/mol. The van der Waals surface area contributed by atoms with Crippen molar-refractivity contribution in [2.24, 2.45) is 17.8 Å². The predicted octanol–water partition coefficient (Wildman–Crippen LogP) is 9.70. The largest absolute Gasteiger partial charge is 0.462 e. The molecule has 19 heteroatoms. The third-order valence-corrected chi connectivity index (χ3v) is 8.09. The van der Waals surface area contributed by atoms with Crippen molar-refractivity contribution in [2.45, 2.75) is 125 Å². The van der Waals surface area contributed by atoms with Crippen LogP contribution >= 0.6 is 0 Å². The number of halogens is 17. The number of ether oxygens (including phenoxy) is 1. The maximum absolute atomic E-state index is 14.6. The van der Waals surface area contributed by atoms with E-state index in [9.17, 15) is 79.4 Å². The van der Waals surface area contributed by atoms with Crippen LogP contribution in [0.1, 0.15) is 71.1 Å². The van der Waals surface area contributed by atoms with Crippen LogP contribution in [-0.4, -0.2) is 59.7 Å². The average Bonchev–Trinajstić information content (AvgIpc) is 2.88. The SMILES string of the molecule is CCCC1CCC(OC(=O)C2CCC(C(F)(F)C(F)(F)C(F)(F)C(F)(F)C(F)(F)C(F)(F)C(F)(F)C(F)(F)F)CC2)CC1. The van der Waals surface area contributed by atoms with E-state index >= 15 is 0 Å². The van der Waals surface area contributed by atoms with Crippen molar-refractivity contribution in [3.8, 4) is 0 Å². The Hall–Kier alpha value is -1.72. The number of esters is 1. The van der Waals surface area contributed by atoms with Crippen LogP contribution in [0.3, 0.4) is 0 Å². The van der Waals surface area contributed by atoms with Gasteiger partial charge in [-0.15, -0.1) is 0 Å². The van der Waals surface area contributed by atoms with Crippen LogP contribution in [0.15, 0.2) is 0 Å². The standard InChI is InChI=1S/C24H27F17O2/c1-2-3-12-4-10-15(11-5-12)43-16(42)13-6-8-14(9-7-13)17(25,26)18(27,28)19(29,30)20(31,32)21(33,34)22(35,36)23(37,38)24(39,40)41/h12-15H,2-11H2,1H3. The summed E-state index contributed by atoms with van der Waals surface area (Å²) in [5, 5.41) is 0. The van der Waals surface area contributed by atoms with Crippen LogP contribution in [-0.2, 0) is 9.53 Å². The number of rotatable bonds is 11. The molecule has 0 bridgehead atoms. The molecule has 0 radical (unpaired) electrons. The highest BCUT2D eigenvalue weighted by atomic mass is 19.4. The predicted molar refractivity (Wildman–Crippen MR) is 113 cm³/mol. The van der Waals surface area contributed by atoms with Crippen LogP contribution in [0.25, 0.3) is 0 Å². The molecule has 0 aromatic rings. The van der Waals surface area contributed by atoms with Gasteiger partial charge in [-0.25, -0.2) is 0 Å². The third-order valence-electron chi connectivity index (χ3n) is 8.09. The lowest BCUT2D eigenvalue weighted by Crippen LogP contribution is -2.75. The monoisotopic (exact) mass is 670 g/mol. The molecule has 0 aliphatic heterocycles. The van der Waals surface area contributed by atoms with Gasteiger partial charge in [0, 0.05) is 5.92 Å². The van der Waals surface area contributed by atoms with Crippen LogP contribution in [0.2, 0.25) is 0 Å². The zero-order valence-electron chi connectivity index (χ0n) is 22.1. The van der Waals surface area contributed by atoms with Gasteiger partial charge in [0.05, 0.1) is 5.92 Å². The molecule has 43 heavy (non-hydrogen) atoms. The van der Waals surface area contributed by atoms with E-state index in [4.69, 9.17) is 4.74 Å². The first-order chi connectivity index (χ1) is 19.1. The Labute approximate surface area is 233 Å². The summed E-state index contributed by atoms with van der Waals surface area (Å²) in [6.07, 6.45) is -8.17. The van der Waals surface area contributed by atoms with Crippen molar-refractivity contribution in [2.75, 3.05) is 0 Å². The minimum absolute atomic E-state index is 0.400. The topological polar surface area (TPSA) is 26.3 Å². The van der Waals surface area contributed by atoms with Gasteiger partial charge in [-0.05, 0) is 57.3 Å². The molecule has 2 aliphatic rings. The van der Waals surface area contributed by atoms with Crippen molar-refractivity contribution in [3.05, 3.63) is 0 Å². The summed E-state index contributed by atoms with van der Waals surface area (Å²) in [4.78, 5) is 12.4. The summed E-state index contributed by atoms with van der Waals surface area (Å²) < 4.78 is 235. The second-order valence-corrected chi connectivity index (χ2v) is 11.0. The fraction of sp³-hybridized carbons (Fsp3) is 0.958. The molecule has 0 heterocycles. The van der Waals surface area contributed by atoms with E-state index in [1.54, 1.807) is 0 Å². The fourth-order valence-electron chi connectivity index (χ4n) is 5.33. The number of carbonyl (C=O) groups is 1. The summed E-state index contributed by atoms with van der Waals surface area (Å²) in [5.74, 6) is -61.2. The molecule has 0 unspecified atom stereocenters. The van der Waals surface area contributed by atoms with Crippen LogP contribution in [0.4, 0.5) is 74.6 Å². The van der Waals surface area contributed by atoms with Gasteiger partial charge in [0.25, 0.3) is 0 Å². The normalized spacial score (nSPS) is 25.9. The quantitative estimate of drug-likeness (QED) is 0.162. The van der Waals surface area contributed by atoms with Gasteiger partial charge in [0.1, 0.15) is 6.10 Å². The van der Waals surface area contributed by atoms with Crippen molar-refractivity contribution in [3.63, 3.8) is 0 Å². The molecule has 0 N–H and O–H groups in total. The van der Waals surface area contributed by atoms with Gasteiger partial charge in [-0.2, -0.15) is 74.6 Å². The number of alkyl halides is 17. The number of carbonyl (C=O) groups excluding carboxylic acids is 1. The van der Waals surface area contributed by atoms with Gasteiger partial charge in [0.2, 0.25) is 0 Å². The number of hydrogen-bond donors (Lipinski definition) is 0. The first-order valence-corrected chi connectivity index (χ1v) is 13.1. The molecule has 0 atom stereocenters. The van der Waals surface area contributed by atoms with E-state index in [-0.39, 0.29) is 0 Å². The van der Waals surface area contributed by atoms with Crippen molar-refractivity contribution in [1.82, 2.24) is 0 Å². The molecule has 0 aromatic heterocycles. The van der Waals surface area contributed by atoms with Crippen LogP contribution < -0.4 is 0 Å². The van der Waals surface area contributed by atoms with E-state index in [1.807, 2.05) is 6.92 Å². The summed E-state index contributed by atoms with van der Waals surface area (Å²) >= 11 is 0. The van der Waals surface area contributed by atoms with Gasteiger partial charge in [-0.3, -0.25) is 4.79 Å². The molecule has 0 aromatic carbocycles. The lowest BCUT2D eigenvalue weighted by atomic mass is 9.75. The summed E-state index contributed by atoms with van der Waals surface area (Å²) in [6, 6.07) is 0. The Morgan fingerprint density at radius 3 is 1.35 bits per heavy atom. The zero-order chi connectivity index (χ0) is 33.7. The highest BCUT2D eigenvalue weighted by Gasteiger charge is 2.95. The van der Waals surface area contributed by atoms with E-state index in [0.29, 0.717) is 18.8 Å². The van der Waals surface area contributed by atoms with Crippen molar-refractivity contribution < 1.29 is 84.2 Å². The Morgan fingerprint density at radius 1 is 0.558 bits per heavy atom. The fourth-order valence-corrected chi connectivity index (χ4v) is 5.33. The van der Waals surface area contributed by atoms with E-state index in [0.717, 1.165) is 25.7 Å². The Balaban J connectivity index is 2.21. The summed E-state index contributed by atoms with van der Waals surface area (Å²) in [6.45, 7) is 1.97. The minimum Gasteiger partial charge on any atom is -0.462 e. The van der Waals surface area contributed by atoms with Crippen LogP contribution in [0, 0.1) is 17.8 Å². The van der Waals surface area contributed by atoms with Gasteiger partial charge >= 0.3 is 53.6 Å². The molecule has 0 saturated heterocycles. The number of hydrogen-bond acceptors (Lipinski definition) is 2. The molecule has 2 aliphatic carbocycles. The lowest BCUT2D eigenvalue weighted by Gasteiger charge is -2.44. The third kappa shape index (κ3) is 6.11. The highest BCUT2D eigenvalue weighted by molar-refractivity contribution is 5.72. The molecule has 2 saturated carbocycles. The molecular weight excluding hydrogens is 643 g/mol. The van der Waals surface area contributed by atoms with E-state index < -0.39 is 97.2 Å². The van der Waals surface area contributed by atoms with Crippen molar-refractivity contribution >= 4 is 5.97 Å². The minimum atomic E-state index is -8.64. The van der Waals surface area contributed by atoms with Crippen LogP contribution in [0.5, 0.6) is 0 Å². The van der Waals surface area contributed by atoms with Gasteiger partial charge < -0.3 is 4.74 Å². The molecule has 2 nitrogen and oxygen atoms in total. The van der Waals surface area contributed by atoms with Crippen molar-refractivity contribution in [1.29, 1.82) is 0 Å². The first kappa shape index (κ1) is 37.5. The molecule has 0 spiro atoms. The maximum Gasteiger partial charge on any atom is 0.460 e. The molecule has 2 fully saturated rings. The van der Waals surface area contributed by atoms with E-state index in [2.05, 4.69) is 0 Å². The highest BCUT2D eigenvalue weighted by Crippen LogP contribution is 2.65. The Bertz CT molecular complexity index is 959. The van der Waals surface area contributed by atoms with E-state index in [1.165, 1.54) is 0 Å². The Morgan fingerprint density at radius 2 is 0.953 bits per heavy atom. The van der Waals surface area contributed by atoms with Gasteiger partial charge in [-0.1, -0.05) is 19.8 Å². The smallest absolute Gasteiger partial charge is 0.460 e. The molecular formula is C24H27F17O2. The second-order valence-electron chi connectivity index (χ2n) is 11.0. The molecule has 254 valence electrons. The second kappa shape index (κ2) is 11.9. The summed E-state index contributed by atoms with van der Waals surface area (Å²) in [5.41, 5.74) is 0. The lowest BCUT2D eigenvalue weighted by molar-refractivity contribution is -0.463. The first-order valence-electron chi connectivity index (χ1n) is 13.1. The summed E-state index contributed by atoms with van der Waals surface area (Å²) in [7, 11) is 0. The van der Waals surface area contributed by atoms with Gasteiger partial charge in [0.15, 0.2) is 0 Å². The Kier molecular flexibility index (Phi) is 10.4. The molecule has 2 rings (SSSR count). The zero-order valence-corrected chi connectivity index (χ0v) is 22.1. The maximum atomic E-state index is 14.6.